The van der Waals surface area contributed by atoms with Crippen LogP contribution in [0.5, 0.6) is 0 Å². The molecule has 0 bridgehead atoms. The van der Waals surface area contributed by atoms with Crippen LogP contribution in [0.1, 0.15) is 36.5 Å². The first kappa shape index (κ1) is 12.6. The minimum Gasteiger partial charge on any atom is -0.330 e. The molecule has 0 saturated heterocycles. The molecule has 1 unspecified atom stereocenters. The van der Waals surface area contributed by atoms with E-state index in [9.17, 15) is 0 Å². The first-order valence-electron chi connectivity index (χ1n) is 5.98. The highest BCUT2D eigenvalue weighted by atomic mass is 79.9. The van der Waals surface area contributed by atoms with Gasteiger partial charge in [0, 0.05) is 29.9 Å². The molecule has 90 valence electrons. The highest BCUT2D eigenvalue weighted by molar-refractivity contribution is 9.11. The number of rotatable bonds is 5. The van der Waals surface area contributed by atoms with Gasteiger partial charge >= 0.3 is 0 Å². The van der Waals surface area contributed by atoms with E-state index in [1.165, 1.54) is 34.3 Å². The fraction of sp³-hybridized carbons (Fsp3) is 0.667. The SMILES string of the molecule is NCC(CNC1CCCC1)c1ccc(Br)s1. The van der Waals surface area contributed by atoms with Gasteiger partial charge in [0.1, 0.15) is 0 Å². The third-order valence-electron chi connectivity index (χ3n) is 3.29. The van der Waals surface area contributed by atoms with Gasteiger partial charge < -0.3 is 11.1 Å². The molecule has 0 aliphatic heterocycles. The number of nitrogens with one attached hydrogen (secondary N) is 1. The molecule has 0 aromatic carbocycles. The van der Waals surface area contributed by atoms with Crippen molar-refractivity contribution in [3.05, 3.63) is 20.8 Å². The third kappa shape index (κ3) is 3.29. The van der Waals surface area contributed by atoms with E-state index < -0.39 is 0 Å². The summed E-state index contributed by atoms with van der Waals surface area (Å²) in [5, 5.41) is 3.65. The standard InChI is InChI=1S/C12H19BrN2S/c13-12-6-5-11(16-12)9(7-14)8-15-10-3-1-2-4-10/h5-6,9-10,15H,1-4,7-8,14H2. The van der Waals surface area contributed by atoms with Gasteiger partial charge in [0.25, 0.3) is 0 Å². The summed E-state index contributed by atoms with van der Waals surface area (Å²) in [7, 11) is 0. The number of hydrogen-bond acceptors (Lipinski definition) is 3. The van der Waals surface area contributed by atoms with Crippen molar-refractivity contribution in [3.63, 3.8) is 0 Å². The normalized spacial score (nSPS) is 19.1. The molecule has 1 aromatic rings. The van der Waals surface area contributed by atoms with Gasteiger partial charge in [-0.1, -0.05) is 12.8 Å². The summed E-state index contributed by atoms with van der Waals surface area (Å²) >= 11 is 5.30. The Morgan fingerprint density at radius 3 is 2.75 bits per heavy atom. The minimum absolute atomic E-state index is 0.469. The van der Waals surface area contributed by atoms with Crippen molar-refractivity contribution in [2.45, 2.75) is 37.6 Å². The van der Waals surface area contributed by atoms with Crippen LogP contribution < -0.4 is 11.1 Å². The Morgan fingerprint density at radius 1 is 1.44 bits per heavy atom. The maximum atomic E-state index is 5.85. The van der Waals surface area contributed by atoms with Crippen molar-refractivity contribution in [2.75, 3.05) is 13.1 Å². The molecule has 3 N–H and O–H groups in total. The first-order valence-corrected chi connectivity index (χ1v) is 7.59. The molecule has 0 spiro atoms. The predicted molar refractivity (Wildman–Crippen MR) is 74.1 cm³/mol. The Balaban J connectivity index is 1.85. The van der Waals surface area contributed by atoms with Crippen LogP contribution in [-0.4, -0.2) is 19.1 Å². The van der Waals surface area contributed by atoms with Gasteiger partial charge in [-0.05, 0) is 40.9 Å². The Morgan fingerprint density at radius 2 is 2.19 bits per heavy atom. The molecule has 2 nitrogen and oxygen atoms in total. The Kier molecular flexibility index (Phi) is 4.82. The van der Waals surface area contributed by atoms with Crippen LogP contribution in [0.15, 0.2) is 15.9 Å². The largest absolute Gasteiger partial charge is 0.330 e. The van der Waals surface area contributed by atoms with E-state index in [0.717, 1.165) is 19.1 Å². The zero-order valence-corrected chi connectivity index (χ0v) is 11.8. The average molecular weight is 303 g/mol. The second-order valence-corrected chi connectivity index (χ2v) is 6.96. The average Bonchev–Trinajstić information content (AvgIpc) is 2.91. The lowest BCUT2D eigenvalue weighted by Crippen LogP contribution is -2.32. The summed E-state index contributed by atoms with van der Waals surface area (Å²) in [6.45, 7) is 1.75. The number of hydrogen-bond donors (Lipinski definition) is 2. The van der Waals surface area contributed by atoms with Gasteiger partial charge in [-0.15, -0.1) is 11.3 Å². The molecule has 1 aromatic heterocycles. The van der Waals surface area contributed by atoms with Crippen LogP contribution >= 0.6 is 27.3 Å². The molecule has 1 aliphatic carbocycles. The Hall–Kier alpha value is 0.1000. The summed E-state index contributed by atoms with van der Waals surface area (Å²) in [5.74, 6) is 0.469. The molecule has 2 rings (SSSR count). The van der Waals surface area contributed by atoms with E-state index >= 15 is 0 Å². The van der Waals surface area contributed by atoms with Gasteiger partial charge in [-0.2, -0.15) is 0 Å². The molecule has 1 aliphatic rings. The van der Waals surface area contributed by atoms with E-state index in [1.807, 2.05) is 0 Å². The maximum absolute atomic E-state index is 5.85. The quantitative estimate of drug-likeness (QED) is 0.877. The minimum atomic E-state index is 0.469. The first-order chi connectivity index (χ1) is 7.79. The highest BCUT2D eigenvalue weighted by Crippen LogP contribution is 2.28. The monoisotopic (exact) mass is 302 g/mol. The van der Waals surface area contributed by atoms with Crippen LogP contribution in [0.3, 0.4) is 0 Å². The zero-order valence-electron chi connectivity index (χ0n) is 9.42. The summed E-state index contributed by atoms with van der Waals surface area (Å²) in [5.41, 5.74) is 5.85. The molecular weight excluding hydrogens is 284 g/mol. The fourth-order valence-electron chi connectivity index (χ4n) is 2.29. The predicted octanol–water partition coefficient (Wildman–Crippen LogP) is 3.09. The lowest BCUT2D eigenvalue weighted by atomic mass is 10.1. The molecular formula is C12H19BrN2S. The van der Waals surface area contributed by atoms with Gasteiger partial charge in [-0.25, -0.2) is 0 Å². The van der Waals surface area contributed by atoms with Gasteiger partial charge in [0.15, 0.2) is 0 Å². The second kappa shape index (κ2) is 6.15. The van der Waals surface area contributed by atoms with Crippen molar-refractivity contribution < 1.29 is 0 Å². The van der Waals surface area contributed by atoms with E-state index in [0.29, 0.717) is 5.92 Å². The number of nitrogens with two attached hydrogens (primary N) is 1. The lowest BCUT2D eigenvalue weighted by Gasteiger charge is -2.17. The molecule has 1 saturated carbocycles. The van der Waals surface area contributed by atoms with E-state index in [2.05, 4.69) is 33.4 Å². The van der Waals surface area contributed by atoms with Gasteiger partial charge in [-0.3, -0.25) is 0 Å². The van der Waals surface area contributed by atoms with Gasteiger partial charge in [0.05, 0.1) is 3.79 Å². The van der Waals surface area contributed by atoms with Crippen molar-refractivity contribution in [1.82, 2.24) is 5.32 Å². The summed E-state index contributed by atoms with van der Waals surface area (Å²) in [6, 6.07) is 5.03. The van der Waals surface area contributed by atoms with E-state index in [1.54, 1.807) is 11.3 Å². The molecule has 16 heavy (non-hydrogen) atoms. The molecule has 0 amide bonds. The maximum Gasteiger partial charge on any atom is 0.0701 e. The molecule has 0 radical (unpaired) electrons. The topological polar surface area (TPSA) is 38.0 Å². The summed E-state index contributed by atoms with van der Waals surface area (Å²) in [6.07, 6.45) is 5.45. The van der Waals surface area contributed by atoms with Crippen LogP contribution in [-0.2, 0) is 0 Å². The number of halogens is 1. The van der Waals surface area contributed by atoms with Crippen LogP contribution in [0.25, 0.3) is 0 Å². The fourth-order valence-corrected chi connectivity index (χ4v) is 3.82. The second-order valence-electron chi connectivity index (χ2n) is 4.46. The third-order valence-corrected chi connectivity index (χ3v) is 5.08. The summed E-state index contributed by atoms with van der Waals surface area (Å²) in [4.78, 5) is 1.39. The van der Waals surface area contributed by atoms with Crippen LogP contribution in [0, 0.1) is 0 Å². The molecule has 4 heteroatoms. The Labute approximate surface area is 110 Å². The molecule has 1 heterocycles. The smallest absolute Gasteiger partial charge is 0.0701 e. The molecule has 1 atom stereocenters. The zero-order chi connectivity index (χ0) is 11.4. The van der Waals surface area contributed by atoms with Crippen molar-refractivity contribution in [2.24, 2.45) is 5.73 Å². The van der Waals surface area contributed by atoms with Crippen molar-refractivity contribution in [3.8, 4) is 0 Å². The number of thiophene rings is 1. The molecule has 1 fully saturated rings. The highest BCUT2D eigenvalue weighted by Gasteiger charge is 2.17. The van der Waals surface area contributed by atoms with Crippen molar-refractivity contribution >= 4 is 27.3 Å². The van der Waals surface area contributed by atoms with Gasteiger partial charge in [0.2, 0.25) is 0 Å². The summed E-state index contributed by atoms with van der Waals surface area (Å²) < 4.78 is 1.20. The Bertz CT molecular complexity index is 321. The van der Waals surface area contributed by atoms with E-state index in [4.69, 9.17) is 5.73 Å². The van der Waals surface area contributed by atoms with Crippen LogP contribution in [0.4, 0.5) is 0 Å². The van der Waals surface area contributed by atoms with E-state index in [-0.39, 0.29) is 0 Å². The van der Waals surface area contributed by atoms with Crippen molar-refractivity contribution in [1.29, 1.82) is 0 Å². The van der Waals surface area contributed by atoms with Crippen LogP contribution in [0.2, 0.25) is 0 Å². The lowest BCUT2D eigenvalue weighted by molar-refractivity contribution is 0.492.